The summed E-state index contributed by atoms with van der Waals surface area (Å²) in [5, 5.41) is 2.89. The van der Waals surface area contributed by atoms with Crippen molar-refractivity contribution in [3.8, 4) is 0 Å². The molecule has 8 heteroatoms. The molecule has 1 heterocycles. The average molecular weight is 416 g/mol. The molecule has 0 unspecified atom stereocenters. The van der Waals surface area contributed by atoms with Gasteiger partial charge < -0.3 is 10.1 Å². The van der Waals surface area contributed by atoms with Crippen molar-refractivity contribution in [2.45, 2.75) is 24.3 Å². The van der Waals surface area contributed by atoms with Crippen molar-refractivity contribution >= 4 is 21.9 Å². The van der Waals surface area contributed by atoms with Gasteiger partial charge >= 0.3 is 5.97 Å². The maximum absolute atomic E-state index is 12.7. The molecule has 0 bridgehead atoms. The van der Waals surface area contributed by atoms with Crippen molar-refractivity contribution in [2.24, 2.45) is 5.92 Å². The first-order valence-corrected chi connectivity index (χ1v) is 10.9. The Labute approximate surface area is 170 Å². The molecule has 0 radical (unpaired) electrons. The van der Waals surface area contributed by atoms with Crippen LogP contribution in [0.1, 0.15) is 28.8 Å². The molecule has 0 atom stereocenters. The topological polar surface area (TPSA) is 92.8 Å². The normalized spacial score (nSPS) is 15.6. The van der Waals surface area contributed by atoms with E-state index >= 15 is 0 Å². The summed E-state index contributed by atoms with van der Waals surface area (Å²) in [5.74, 6) is -0.705. The first-order valence-electron chi connectivity index (χ1n) is 9.42. The summed E-state index contributed by atoms with van der Waals surface area (Å²) >= 11 is 0. The first kappa shape index (κ1) is 21.0. The van der Waals surface area contributed by atoms with Crippen molar-refractivity contribution in [2.75, 3.05) is 20.2 Å². The van der Waals surface area contributed by atoms with E-state index in [1.807, 2.05) is 0 Å². The molecule has 0 saturated carbocycles. The molecule has 0 spiro atoms. The van der Waals surface area contributed by atoms with Gasteiger partial charge in [0.25, 0.3) is 0 Å². The minimum atomic E-state index is -3.52. The van der Waals surface area contributed by atoms with E-state index in [1.165, 1.54) is 11.4 Å². The number of rotatable bonds is 6. The second-order valence-electron chi connectivity index (χ2n) is 6.90. The quantitative estimate of drug-likeness (QED) is 0.729. The first-order chi connectivity index (χ1) is 13.9. The van der Waals surface area contributed by atoms with Crippen LogP contribution in [0.3, 0.4) is 0 Å². The predicted molar refractivity (Wildman–Crippen MR) is 108 cm³/mol. The number of nitrogens with one attached hydrogen (secondary N) is 1. The Hall–Kier alpha value is -2.71. The molecule has 2 aromatic carbocycles. The van der Waals surface area contributed by atoms with Crippen LogP contribution in [0.4, 0.5) is 0 Å². The van der Waals surface area contributed by atoms with Gasteiger partial charge in [-0.15, -0.1) is 0 Å². The molecule has 3 rings (SSSR count). The second-order valence-corrected chi connectivity index (χ2v) is 8.84. The number of ether oxygens (including phenoxy) is 1. The Bertz CT molecular complexity index is 950. The third-order valence-corrected chi connectivity index (χ3v) is 6.96. The van der Waals surface area contributed by atoms with Gasteiger partial charge in [0.2, 0.25) is 15.9 Å². The summed E-state index contributed by atoms with van der Waals surface area (Å²) in [6.07, 6.45) is 0.971. The average Bonchev–Trinajstić information content (AvgIpc) is 2.78. The fourth-order valence-corrected chi connectivity index (χ4v) is 4.80. The van der Waals surface area contributed by atoms with E-state index < -0.39 is 16.0 Å². The van der Waals surface area contributed by atoms with Gasteiger partial charge in [0.1, 0.15) is 0 Å². The van der Waals surface area contributed by atoms with Crippen LogP contribution < -0.4 is 5.32 Å². The van der Waals surface area contributed by atoms with Crippen molar-refractivity contribution in [1.82, 2.24) is 9.62 Å². The standard InChI is InChI=1S/C21H24N2O5S/c1-28-21(25)18-9-7-16(8-10-18)15-22-20(24)17-11-13-23(14-12-17)29(26,27)19-5-3-2-4-6-19/h2-10,17H,11-15H2,1H3,(H,22,24). The third kappa shape index (κ3) is 5.02. The van der Waals surface area contributed by atoms with E-state index in [-0.39, 0.29) is 16.7 Å². The van der Waals surface area contributed by atoms with E-state index in [0.717, 1.165) is 5.56 Å². The fourth-order valence-electron chi connectivity index (χ4n) is 3.31. The summed E-state index contributed by atoms with van der Waals surface area (Å²) in [4.78, 5) is 24.2. The lowest BCUT2D eigenvalue weighted by atomic mass is 9.97. The van der Waals surface area contributed by atoms with E-state index in [1.54, 1.807) is 54.6 Å². The van der Waals surface area contributed by atoms with Crippen LogP contribution in [-0.2, 0) is 26.1 Å². The number of sulfonamides is 1. The lowest BCUT2D eigenvalue weighted by Crippen LogP contribution is -2.42. The molecular formula is C21H24N2O5S. The highest BCUT2D eigenvalue weighted by Gasteiger charge is 2.31. The number of methoxy groups -OCH3 is 1. The van der Waals surface area contributed by atoms with Crippen molar-refractivity contribution < 1.29 is 22.7 Å². The van der Waals surface area contributed by atoms with Crippen LogP contribution in [0.5, 0.6) is 0 Å². The van der Waals surface area contributed by atoms with Crippen molar-refractivity contribution in [3.63, 3.8) is 0 Å². The number of piperidine rings is 1. The summed E-state index contributed by atoms with van der Waals surface area (Å²) < 4.78 is 31.4. The van der Waals surface area contributed by atoms with Crippen LogP contribution in [0, 0.1) is 5.92 Å². The summed E-state index contributed by atoms with van der Waals surface area (Å²) in [6, 6.07) is 15.2. The smallest absolute Gasteiger partial charge is 0.337 e. The SMILES string of the molecule is COC(=O)c1ccc(CNC(=O)C2CCN(S(=O)(=O)c3ccccc3)CC2)cc1. The molecule has 2 aromatic rings. The molecule has 1 amide bonds. The number of amides is 1. The monoisotopic (exact) mass is 416 g/mol. The van der Waals surface area contributed by atoms with Gasteiger partial charge in [-0.05, 0) is 42.7 Å². The fraction of sp³-hybridized carbons (Fsp3) is 0.333. The number of hydrogen-bond acceptors (Lipinski definition) is 5. The number of benzene rings is 2. The van der Waals surface area contributed by atoms with Crippen LogP contribution in [-0.4, -0.2) is 44.8 Å². The largest absolute Gasteiger partial charge is 0.465 e. The molecule has 0 aliphatic carbocycles. The van der Waals surface area contributed by atoms with Crippen LogP contribution in [0.25, 0.3) is 0 Å². The van der Waals surface area contributed by atoms with Crippen molar-refractivity contribution in [1.29, 1.82) is 0 Å². The highest BCUT2D eigenvalue weighted by molar-refractivity contribution is 7.89. The zero-order valence-corrected chi connectivity index (χ0v) is 17.0. The Morgan fingerprint density at radius 1 is 1.03 bits per heavy atom. The van der Waals surface area contributed by atoms with Crippen molar-refractivity contribution in [3.05, 3.63) is 65.7 Å². The second kappa shape index (κ2) is 9.19. The molecule has 1 N–H and O–H groups in total. The van der Waals surface area contributed by atoms with Gasteiger partial charge in [0, 0.05) is 25.6 Å². The highest BCUT2D eigenvalue weighted by atomic mass is 32.2. The summed E-state index contributed by atoms with van der Waals surface area (Å²) in [6.45, 7) is 0.995. The Morgan fingerprint density at radius 3 is 2.24 bits per heavy atom. The Morgan fingerprint density at radius 2 is 1.66 bits per heavy atom. The predicted octanol–water partition coefficient (Wildman–Crippen LogP) is 2.19. The van der Waals surface area contributed by atoms with E-state index in [9.17, 15) is 18.0 Å². The van der Waals surface area contributed by atoms with Crippen LogP contribution in [0.2, 0.25) is 0 Å². The molecule has 154 valence electrons. The van der Waals surface area contributed by atoms with E-state index in [0.29, 0.717) is 38.0 Å². The maximum atomic E-state index is 12.7. The number of carbonyl (C=O) groups is 2. The molecule has 0 aromatic heterocycles. The molecular weight excluding hydrogens is 392 g/mol. The molecule has 1 saturated heterocycles. The van der Waals surface area contributed by atoms with Gasteiger partial charge in [-0.3, -0.25) is 4.79 Å². The summed E-state index contributed by atoms with van der Waals surface area (Å²) in [5.41, 5.74) is 1.32. The van der Waals surface area contributed by atoms with Gasteiger partial charge in [0.15, 0.2) is 0 Å². The van der Waals surface area contributed by atoms with Crippen LogP contribution >= 0.6 is 0 Å². The van der Waals surface area contributed by atoms with E-state index in [2.05, 4.69) is 10.1 Å². The van der Waals surface area contributed by atoms with E-state index in [4.69, 9.17) is 0 Å². The highest BCUT2D eigenvalue weighted by Crippen LogP contribution is 2.24. The molecule has 1 fully saturated rings. The number of nitrogens with zero attached hydrogens (tertiary/aromatic N) is 1. The van der Waals surface area contributed by atoms with Gasteiger partial charge in [-0.2, -0.15) is 4.31 Å². The number of carbonyl (C=O) groups excluding carboxylic acids is 2. The Balaban J connectivity index is 1.51. The minimum absolute atomic E-state index is 0.0844. The van der Waals surface area contributed by atoms with Crippen LogP contribution in [0.15, 0.2) is 59.5 Å². The van der Waals surface area contributed by atoms with Gasteiger partial charge in [-0.1, -0.05) is 30.3 Å². The zero-order valence-electron chi connectivity index (χ0n) is 16.2. The van der Waals surface area contributed by atoms with Gasteiger partial charge in [0.05, 0.1) is 17.6 Å². The lowest BCUT2D eigenvalue weighted by Gasteiger charge is -2.30. The number of hydrogen-bond donors (Lipinski definition) is 1. The number of esters is 1. The third-order valence-electron chi connectivity index (χ3n) is 5.05. The van der Waals surface area contributed by atoms with Gasteiger partial charge in [-0.25, -0.2) is 13.2 Å². The Kier molecular flexibility index (Phi) is 6.66. The molecule has 7 nitrogen and oxygen atoms in total. The molecule has 1 aliphatic rings. The maximum Gasteiger partial charge on any atom is 0.337 e. The summed E-state index contributed by atoms with van der Waals surface area (Å²) in [7, 11) is -2.19. The molecule has 1 aliphatic heterocycles. The zero-order chi connectivity index (χ0) is 20.9. The molecule has 29 heavy (non-hydrogen) atoms. The lowest BCUT2D eigenvalue weighted by molar-refractivity contribution is -0.126. The minimum Gasteiger partial charge on any atom is -0.465 e.